The number of aliphatic hydroxyl groups is 3. The number of aromatic nitrogens is 2. The fraction of sp³-hybridized carbons (Fsp3) is 0.294. The lowest BCUT2D eigenvalue weighted by Gasteiger charge is -2.17. The first kappa shape index (κ1) is 17.1. The van der Waals surface area contributed by atoms with Crippen LogP contribution in [0.4, 0.5) is 0 Å². The van der Waals surface area contributed by atoms with E-state index in [1.807, 2.05) is 6.07 Å². The van der Waals surface area contributed by atoms with E-state index >= 15 is 0 Å². The van der Waals surface area contributed by atoms with Gasteiger partial charge in [0.05, 0.1) is 6.61 Å². The van der Waals surface area contributed by atoms with Crippen LogP contribution in [0.3, 0.4) is 0 Å². The highest BCUT2D eigenvalue weighted by Crippen LogP contribution is 2.27. The van der Waals surface area contributed by atoms with Gasteiger partial charge in [0.25, 0.3) is 5.56 Å². The second-order valence-electron chi connectivity index (χ2n) is 5.55. The van der Waals surface area contributed by atoms with E-state index in [2.05, 4.69) is 16.8 Å². The number of benzene rings is 1. The molecule has 25 heavy (non-hydrogen) atoms. The van der Waals surface area contributed by atoms with Crippen molar-refractivity contribution in [3.63, 3.8) is 0 Å². The summed E-state index contributed by atoms with van der Waals surface area (Å²) in [7, 11) is 0. The molecule has 2 heterocycles. The van der Waals surface area contributed by atoms with E-state index in [9.17, 15) is 19.8 Å². The molecule has 1 aliphatic rings. The summed E-state index contributed by atoms with van der Waals surface area (Å²) in [6, 6.07) is 8.97. The van der Waals surface area contributed by atoms with Crippen LogP contribution in [-0.2, 0) is 4.74 Å². The van der Waals surface area contributed by atoms with Crippen molar-refractivity contribution < 1.29 is 20.1 Å². The minimum absolute atomic E-state index is 0.00110. The number of nitrogens with zero attached hydrogens (tertiary/aromatic N) is 1. The van der Waals surface area contributed by atoms with Gasteiger partial charge >= 0.3 is 5.69 Å². The van der Waals surface area contributed by atoms with Crippen LogP contribution in [0.1, 0.15) is 17.4 Å². The van der Waals surface area contributed by atoms with Gasteiger partial charge in [-0.05, 0) is 12.1 Å². The number of ether oxygens (including phenoxy) is 1. The molecular weight excluding hydrogens is 328 g/mol. The Bertz CT molecular complexity index is 924. The second kappa shape index (κ2) is 7.04. The van der Waals surface area contributed by atoms with Crippen molar-refractivity contribution in [2.75, 3.05) is 6.61 Å². The highest BCUT2D eigenvalue weighted by atomic mass is 16.6. The fourth-order valence-corrected chi connectivity index (χ4v) is 2.53. The van der Waals surface area contributed by atoms with E-state index in [0.29, 0.717) is 5.56 Å². The molecule has 1 aromatic heterocycles. The van der Waals surface area contributed by atoms with Gasteiger partial charge in [0.1, 0.15) is 23.9 Å². The molecule has 4 atom stereocenters. The highest BCUT2D eigenvalue weighted by molar-refractivity contribution is 5.40. The first-order valence-electron chi connectivity index (χ1n) is 7.56. The van der Waals surface area contributed by atoms with Crippen LogP contribution in [0.5, 0.6) is 0 Å². The zero-order valence-corrected chi connectivity index (χ0v) is 13.0. The third-order valence-electron chi connectivity index (χ3n) is 3.87. The number of hydrogen-bond donors (Lipinski definition) is 4. The molecule has 0 spiro atoms. The minimum atomic E-state index is -1.43. The first-order valence-corrected chi connectivity index (χ1v) is 7.56. The molecule has 1 saturated heterocycles. The summed E-state index contributed by atoms with van der Waals surface area (Å²) in [6.45, 7) is -0.520. The maximum absolute atomic E-state index is 12.0. The minimum Gasteiger partial charge on any atom is -0.394 e. The number of aromatic amines is 1. The van der Waals surface area contributed by atoms with E-state index in [4.69, 9.17) is 9.84 Å². The van der Waals surface area contributed by atoms with Gasteiger partial charge < -0.3 is 20.1 Å². The molecule has 1 aliphatic heterocycles. The Morgan fingerprint density at radius 1 is 1.12 bits per heavy atom. The average molecular weight is 344 g/mol. The van der Waals surface area contributed by atoms with Crippen molar-refractivity contribution in [1.82, 2.24) is 9.55 Å². The smallest absolute Gasteiger partial charge is 0.330 e. The van der Waals surface area contributed by atoms with E-state index in [1.165, 1.54) is 0 Å². The lowest BCUT2D eigenvalue weighted by atomic mass is 10.1. The Labute approximate surface area is 142 Å². The number of rotatable bonds is 2. The molecule has 0 bridgehead atoms. The summed E-state index contributed by atoms with van der Waals surface area (Å²) < 4.78 is 6.25. The Morgan fingerprint density at radius 3 is 2.48 bits per heavy atom. The van der Waals surface area contributed by atoms with Crippen molar-refractivity contribution in [1.29, 1.82) is 0 Å². The van der Waals surface area contributed by atoms with Crippen molar-refractivity contribution in [2.24, 2.45) is 0 Å². The molecule has 0 radical (unpaired) electrons. The predicted molar refractivity (Wildman–Crippen MR) is 86.8 cm³/mol. The molecule has 1 aromatic carbocycles. The summed E-state index contributed by atoms with van der Waals surface area (Å²) in [5.41, 5.74) is -0.796. The summed E-state index contributed by atoms with van der Waals surface area (Å²) in [5, 5.41) is 29.0. The Morgan fingerprint density at radius 2 is 1.84 bits per heavy atom. The van der Waals surface area contributed by atoms with Crippen LogP contribution in [0.15, 0.2) is 46.1 Å². The van der Waals surface area contributed by atoms with E-state index in [1.54, 1.807) is 24.3 Å². The maximum Gasteiger partial charge on any atom is 0.330 e. The van der Waals surface area contributed by atoms with Crippen LogP contribution < -0.4 is 11.2 Å². The monoisotopic (exact) mass is 344 g/mol. The van der Waals surface area contributed by atoms with E-state index in [-0.39, 0.29) is 5.56 Å². The number of hydrogen-bond acceptors (Lipinski definition) is 6. The van der Waals surface area contributed by atoms with Crippen LogP contribution in [0.2, 0.25) is 0 Å². The van der Waals surface area contributed by atoms with Crippen molar-refractivity contribution in [2.45, 2.75) is 24.5 Å². The molecular formula is C17H16N2O6. The van der Waals surface area contributed by atoms with Gasteiger partial charge in [-0.15, -0.1) is 0 Å². The first-order chi connectivity index (χ1) is 12.0. The Balaban J connectivity index is 1.99. The zero-order valence-electron chi connectivity index (χ0n) is 13.0. The van der Waals surface area contributed by atoms with Crippen LogP contribution in [0, 0.1) is 11.8 Å². The van der Waals surface area contributed by atoms with Crippen molar-refractivity contribution in [3.8, 4) is 11.8 Å². The summed E-state index contributed by atoms with van der Waals surface area (Å²) in [6.07, 6.45) is -3.90. The third-order valence-corrected chi connectivity index (χ3v) is 3.87. The van der Waals surface area contributed by atoms with Gasteiger partial charge in [0.2, 0.25) is 0 Å². The third kappa shape index (κ3) is 3.40. The Kier molecular flexibility index (Phi) is 4.83. The quantitative estimate of drug-likeness (QED) is 0.494. The standard InChI is InChI=1S/C17H16N2O6/c20-9-12-13(21)14(22)16(25-12)19-8-11(15(23)18-17(19)24)7-6-10-4-2-1-3-5-10/h1-5,8,12-14,16,20-22H,9H2,(H,18,23,24)/t12-,13?,14?,16-/m0/s1. The normalized spacial score (nSPS) is 25.4. The van der Waals surface area contributed by atoms with Gasteiger partial charge in [-0.2, -0.15) is 0 Å². The topological polar surface area (TPSA) is 125 Å². The van der Waals surface area contributed by atoms with E-state index < -0.39 is 42.4 Å². The van der Waals surface area contributed by atoms with Crippen LogP contribution in [0.25, 0.3) is 0 Å². The highest BCUT2D eigenvalue weighted by Gasteiger charge is 2.43. The molecule has 0 saturated carbocycles. The van der Waals surface area contributed by atoms with Crippen LogP contribution in [-0.4, -0.2) is 49.8 Å². The van der Waals surface area contributed by atoms with E-state index in [0.717, 1.165) is 10.8 Å². The summed E-state index contributed by atoms with van der Waals surface area (Å²) in [4.78, 5) is 26.1. The average Bonchev–Trinajstić information content (AvgIpc) is 2.90. The number of aliphatic hydroxyl groups excluding tert-OH is 3. The molecule has 3 rings (SSSR count). The molecule has 0 aliphatic carbocycles. The molecule has 130 valence electrons. The van der Waals surface area contributed by atoms with Gasteiger partial charge in [-0.1, -0.05) is 30.0 Å². The van der Waals surface area contributed by atoms with Crippen molar-refractivity contribution >= 4 is 0 Å². The largest absolute Gasteiger partial charge is 0.394 e. The molecule has 4 N–H and O–H groups in total. The van der Waals surface area contributed by atoms with Gasteiger partial charge in [-0.25, -0.2) is 4.79 Å². The zero-order chi connectivity index (χ0) is 18.0. The van der Waals surface area contributed by atoms with Crippen molar-refractivity contribution in [3.05, 3.63) is 68.5 Å². The summed E-state index contributed by atoms with van der Waals surface area (Å²) in [5.74, 6) is 5.47. The molecule has 2 unspecified atom stereocenters. The van der Waals surface area contributed by atoms with Gasteiger partial charge in [0.15, 0.2) is 6.23 Å². The second-order valence-corrected chi connectivity index (χ2v) is 5.55. The van der Waals surface area contributed by atoms with Gasteiger partial charge in [-0.3, -0.25) is 14.3 Å². The molecule has 1 fully saturated rings. The molecule has 0 amide bonds. The lowest BCUT2D eigenvalue weighted by molar-refractivity contribution is -0.0550. The lowest BCUT2D eigenvalue weighted by Crippen LogP contribution is -2.38. The number of nitrogens with one attached hydrogen (secondary N) is 1. The van der Waals surface area contributed by atoms with Gasteiger partial charge in [0, 0.05) is 11.8 Å². The number of H-pyrrole nitrogens is 1. The predicted octanol–water partition coefficient (Wildman–Crippen LogP) is -1.45. The SMILES string of the molecule is O=c1[nH]c(=O)n([C@H]2O[C@@H](CO)C(O)C2O)cc1C#Cc1ccccc1. The molecule has 8 heteroatoms. The maximum atomic E-state index is 12.0. The fourth-order valence-electron chi connectivity index (χ4n) is 2.53. The summed E-state index contributed by atoms with van der Waals surface area (Å²) >= 11 is 0. The molecule has 2 aromatic rings. The van der Waals surface area contributed by atoms with Crippen LogP contribution >= 0.6 is 0 Å². The molecule has 8 nitrogen and oxygen atoms in total. The Hall–Kier alpha value is -2.70.